The Morgan fingerprint density at radius 2 is 2.22 bits per heavy atom. The van der Waals surface area contributed by atoms with Crippen LogP contribution in [0, 0.1) is 0 Å². The Labute approximate surface area is 105 Å². The topological polar surface area (TPSA) is 103 Å². The average Bonchev–Trinajstić information content (AvgIpc) is 2.72. The van der Waals surface area contributed by atoms with E-state index in [1.54, 1.807) is 18.2 Å². The molecule has 0 amide bonds. The summed E-state index contributed by atoms with van der Waals surface area (Å²) < 4.78 is 27.9. The van der Waals surface area contributed by atoms with Gasteiger partial charge in [-0.1, -0.05) is 6.07 Å². The molecule has 3 N–H and O–H groups in total. The van der Waals surface area contributed by atoms with E-state index in [2.05, 4.69) is 14.8 Å². The lowest BCUT2D eigenvalue weighted by Gasteiger charge is -2.04. The van der Waals surface area contributed by atoms with Crippen molar-refractivity contribution in [1.82, 2.24) is 14.8 Å². The molecule has 0 aliphatic heterocycles. The van der Waals surface area contributed by atoms with Crippen LogP contribution >= 0.6 is 0 Å². The van der Waals surface area contributed by atoms with Crippen LogP contribution in [0.1, 0.15) is 6.92 Å². The third kappa shape index (κ3) is 2.43. The fraction of sp³-hybridized carbons (Fsp3) is 0.200. The normalized spacial score (nSPS) is 11.4. The summed E-state index contributed by atoms with van der Waals surface area (Å²) in [5.74, 6) is 0.210. The second-order valence-corrected chi connectivity index (χ2v) is 5.21. The first-order valence-electron chi connectivity index (χ1n) is 5.29. The number of hydrogen-bond donors (Lipinski definition) is 2. The van der Waals surface area contributed by atoms with Crippen molar-refractivity contribution >= 4 is 21.7 Å². The lowest BCUT2D eigenvalue weighted by Crippen LogP contribution is -2.14. The van der Waals surface area contributed by atoms with Gasteiger partial charge in [-0.3, -0.25) is 9.40 Å². The second kappa shape index (κ2) is 4.65. The van der Waals surface area contributed by atoms with Gasteiger partial charge in [-0.2, -0.15) is 5.10 Å². The Hall–Kier alpha value is -2.09. The number of aryl methyl sites for hydroxylation is 1. The molecule has 0 aromatic carbocycles. The maximum atomic E-state index is 12.1. The highest BCUT2D eigenvalue weighted by molar-refractivity contribution is 7.92. The van der Waals surface area contributed by atoms with Crippen molar-refractivity contribution in [3.8, 4) is 0 Å². The zero-order chi connectivity index (χ0) is 13.2. The number of sulfonamides is 1. The zero-order valence-electron chi connectivity index (χ0n) is 9.74. The summed E-state index contributed by atoms with van der Waals surface area (Å²) in [6.07, 6.45) is 2.89. The molecule has 0 saturated heterocycles. The maximum Gasteiger partial charge on any atom is 0.268 e. The number of nitrogens with one attached hydrogen (secondary N) is 1. The van der Waals surface area contributed by atoms with Crippen molar-refractivity contribution in [1.29, 1.82) is 0 Å². The molecule has 0 saturated carbocycles. The van der Waals surface area contributed by atoms with E-state index in [0.29, 0.717) is 6.54 Å². The van der Waals surface area contributed by atoms with Gasteiger partial charge < -0.3 is 5.73 Å². The Morgan fingerprint density at radius 1 is 1.44 bits per heavy atom. The summed E-state index contributed by atoms with van der Waals surface area (Å²) >= 11 is 0. The van der Waals surface area contributed by atoms with Gasteiger partial charge in [0.05, 0.1) is 0 Å². The second-order valence-electron chi connectivity index (χ2n) is 3.55. The number of anilines is 2. The summed E-state index contributed by atoms with van der Waals surface area (Å²) in [6, 6.07) is 4.93. The number of aromatic nitrogens is 3. The maximum absolute atomic E-state index is 12.1. The van der Waals surface area contributed by atoms with E-state index < -0.39 is 10.0 Å². The van der Waals surface area contributed by atoms with Gasteiger partial charge in [0.1, 0.15) is 10.7 Å². The number of nitrogen functional groups attached to an aromatic ring is 1. The molecular formula is C10H13N5O2S. The largest absolute Gasteiger partial charge is 0.381 e. The van der Waals surface area contributed by atoms with Gasteiger partial charge in [0.25, 0.3) is 10.0 Å². The standard InChI is InChI=1S/C10H13N5O2S/c1-2-15-7-8(10(11)13-15)18(16,17)14-9-5-3-4-6-12-9/h3-7H,2H2,1H3,(H2,11,13)(H,12,14). The average molecular weight is 267 g/mol. The summed E-state index contributed by atoms with van der Waals surface area (Å²) in [5.41, 5.74) is 5.59. The first-order valence-corrected chi connectivity index (χ1v) is 6.78. The van der Waals surface area contributed by atoms with Crippen LogP contribution in [0.2, 0.25) is 0 Å². The SMILES string of the molecule is CCn1cc(S(=O)(=O)Nc2ccccn2)c(N)n1. The summed E-state index contributed by atoms with van der Waals surface area (Å²) in [7, 11) is -3.75. The van der Waals surface area contributed by atoms with E-state index in [9.17, 15) is 8.42 Å². The molecule has 8 heteroatoms. The molecule has 2 aromatic rings. The molecule has 0 radical (unpaired) electrons. The van der Waals surface area contributed by atoms with E-state index in [1.807, 2.05) is 6.92 Å². The van der Waals surface area contributed by atoms with Crippen LogP contribution in [0.5, 0.6) is 0 Å². The predicted molar refractivity (Wildman–Crippen MR) is 67.4 cm³/mol. The lowest BCUT2D eigenvalue weighted by molar-refractivity contribution is 0.600. The molecule has 0 bridgehead atoms. The molecule has 18 heavy (non-hydrogen) atoms. The molecule has 2 aromatic heterocycles. The monoisotopic (exact) mass is 267 g/mol. The van der Waals surface area contributed by atoms with Crippen LogP contribution in [0.3, 0.4) is 0 Å². The van der Waals surface area contributed by atoms with Crippen LogP contribution in [0.25, 0.3) is 0 Å². The molecule has 0 aliphatic carbocycles. The lowest BCUT2D eigenvalue weighted by atomic mass is 10.5. The van der Waals surface area contributed by atoms with Crippen LogP contribution in [-0.4, -0.2) is 23.2 Å². The third-order valence-corrected chi connectivity index (χ3v) is 3.64. The molecule has 7 nitrogen and oxygen atoms in total. The Bertz CT molecular complexity index is 636. The fourth-order valence-corrected chi connectivity index (χ4v) is 2.49. The fourth-order valence-electron chi connectivity index (χ4n) is 1.40. The number of hydrogen-bond acceptors (Lipinski definition) is 5. The molecule has 2 rings (SSSR count). The van der Waals surface area contributed by atoms with E-state index in [0.717, 1.165) is 0 Å². The van der Waals surface area contributed by atoms with Gasteiger partial charge in [0, 0.05) is 18.9 Å². The molecule has 0 fully saturated rings. The number of nitrogens with two attached hydrogens (primary N) is 1. The van der Waals surface area contributed by atoms with Crippen LogP contribution in [0.15, 0.2) is 35.5 Å². The van der Waals surface area contributed by atoms with Crippen LogP contribution < -0.4 is 10.5 Å². The van der Waals surface area contributed by atoms with Crippen molar-refractivity contribution in [2.24, 2.45) is 0 Å². The quantitative estimate of drug-likeness (QED) is 0.848. The van der Waals surface area contributed by atoms with Crippen molar-refractivity contribution in [3.05, 3.63) is 30.6 Å². The Morgan fingerprint density at radius 3 is 2.78 bits per heavy atom. The minimum absolute atomic E-state index is 0.0275. The van der Waals surface area contributed by atoms with Crippen LogP contribution in [-0.2, 0) is 16.6 Å². The smallest absolute Gasteiger partial charge is 0.268 e. The Balaban J connectivity index is 2.34. The zero-order valence-corrected chi connectivity index (χ0v) is 10.6. The number of rotatable bonds is 4. The molecule has 0 unspecified atom stereocenters. The molecule has 0 aliphatic rings. The predicted octanol–water partition coefficient (Wildman–Crippen LogP) is 0.681. The van der Waals surface area contributed by atoms with Crippen molar-refractivity contribution in [2.75, 3.05) is 10.5 Å². The van der Waals surface area contributed by atoms with Gasteiger partial charge in [-0.05, 0) is 19.1 Å². The first-order chi connectivity index (χ1) is 8.53. The minimum Gasteiger partial charge on any atom is -0.381 e. The summed E-state index contributed by atoms with van der Waals surface area (Å²) in [5, 5.41) is 3.89. The van der Waals surface area contributed by atoms with Crippen molar-refractivity contribution in [2.45, 2.75) is 18.4 Å². The van der Waals surface area contributed by atoms with Gasteiger partial charge in [-0.25, -0.2) is 13.4 Å². The summed E-state index contributed by atoms with van der Waals surface area (Å²) in [6.45, 7) is 2.39. The Kier molecular flexibility index (Phi) is 3.19. The molecule has 96 valence electrons. The molecule has 0 spiro atoms. The van der Waals surface area contributed by atoms with Gasteiger partial charge in [0.15, 0.2) is 5.82 Å². The van der Waals surface area contributed by atoms with Gasteiger partial charge in [-0.15, -0.1) is 0 Å². The third-order valence-electron chi connectivity index (χ3n) is 2.27. The van der Waals surface area contributed by atoms with Crippen LogP contribution in [0.4, 0.5) is 11.6 Å². The highest BCUT2D eigenvalue weighted by Crippen LogP contribution is 2.19. The number of nitrogens with zero attached hydrogens (tertiary/aromatic N) is 3. The molecular weight excluding hydrogens is 254 g/mol. The highest BCUT2D eigenvalue weighted by atomic mass is 32.2. The van der Waals surface area contributed by atoms with E-state index in [4.69, 9.17) is 5.73 Å². The molecule has 0 atom stereocenters. The van der Waals surface area contributed by atoms with E-state index in [-0.39, 0.29) is 16.5 Å². The summed E-state index contributed by atoms with van der Waals surface area (Å²) in [4.78, 5) is 3.84. The highest BCUT2D eigenvalue weighted by Gasteiger charge is 2.21. The van der Waals surface area contributed by atoms with E-state index in [1.165, 1.54) is 17.1 Å². The van der Waals surface area contributed by atoms with Crippen molar-refractivity contribution in [3.63, 3.8) is 0 Å². The molecule has 2 heterocycles. The van der Waals surface area contributed by atoms with Gasteiger partial charge >= 0.3 is 0 Å². The number of pyridine rings is 1. The minimum atomic E-state index is -3.75. The van der Waals surface area contributed by atoms with Crippen molar-refractivity contribution < 1.29 is 8.42 Å². The first kappa shape index (κ1) is 12.4. The van der Waals surface area contributed by atoms with E-state index >= 15 is 0 Å². The van der Waals surface area contributed by atoms with Gasteiger partial charge in [0.2, 0.25) is 0 Å².